The van der Waals surface area contributed by atoms with E-state index in [4.69, 9.17) is 0 Å². The predicted octanol–water partition coefficient (Wildman–Crippen LogP) is 8.04. The average molecular weight is 885 g/mol. The molecule has 0 bridgehead atoms. The number of rotatable bonds is 8. The van der Waals surface area contributed by atoms with Gasteiger partial charge in [0.15, 0.2) is 69.8 Å². The highest BCUT2D eigenvalue weighted by molar-refractivity contribution is 7.20. The molecule has 0 saturated heterocycles. The number of quaternary nitrogens is 1. The van der Waals surface area contributed by atoms with Gasteiger partial charge in [0.25, 0.3) is 0 Å². The van der Waals surface area contributed by atoms with E-state index in [9.17, 15) is 52.7 Å². The molecule has 0 amide bonds. The molecular formula is C38H24BF20N. The van der Waals surface area contributed by atoms with E-state index in [-0.39, 0.29) is 0 Å². The van der Waals surface area contributed by atoms with Gasteiger partial charge in [-0.1, -0.05) is 24.3 Å². The first-order valence-electron chi connectivity index (χ1n) is 16.9. The molecule has 5 rings (SSSR count). The van der Waals surface area contributed by atoms with E-state index in [2.05, 4.69) is 58.9 Å². The lowest BCUT2D eigenvalue weighted by molar-refractivity contribution is -0.955. The molecule has 1 nitrogen and oxygen atoms in total. The summed E-state index contributed by atoms with van der Waals surface area (Å²) in [6.07, 6.45) is -7.22. The summed E-state index contributed by atoms with van der Waals surface area (Å²) in [6, 6.07) is 10.1. The van der Waals surface area contributed by atoms with Crippen LogP contribution < -0.4 is 26.8 Å². The van der Waals surface area contributed by atoms with E-state index < -0.39 is 144 Å². The second kappa shape index (κ2) is 17.4. The second-order valence-electron chi connectivity index (χ2n) is 13.8. The normalized spacial score (nSPS) is 11.9. The molecule has 5 aromatic carbocycles. The highest BCUT2D eigenvalue weighted by Crippen LogP contribution is 2.30. The van der Waals surface area contributed by atoms with Gasteiger partial charge in [-0.3, -0.25) is 0 Å². The van der Waals surface area contributed by atoms with Gasteiger partial charge in [-0.2, -0.15) is 0 Å². The van der Waals surface area contributed by atoms with Crippen LogP contribution in [-0.2, 0) is 6.54 Å². The van der Waals surface area contributed by atoms with Crippen molar-refractivity contribution in [3.8, 4) is 0 Å². The van der Waals surface area contributed by atoms with Crippen molar-refractivity contribution in [2.75, 3.05) is 0 Å². The Labute approximate surface area is 325 Å². The van der Waals surface area contributed by atoms with Gasteiger partial charge in [-0.15, -0.1) is 21.9 Å². The maximum Gasteiger partial charge on any atom is 0.200 e. The van der Waals surface area contributed by atoms with Crippen LogP contribution in [0.25, 0.3) is 0 Å². The Morgan fingerprint density at radius 2 is 0.550 bits per heavy atom. The Morgan fingerprint density at radius 3 is 0.750 bits per heavy atom. The molecule has 0 spiro atoms. The van der Waals surface area contributed by atoms with E-state index in [0.717, 1.165) is 6.54 Å². The Bertz CT molecular complexity index is 2110. The number of nitrogens with one attached hydrogen (secondary N) is 1. The van der Waals surface area contributed by atoms with Gasteiger partial charge in [0, 0.05) is 5.56 Å². The molecule has 0 aliphatic rings. The van der Waals surface area contributed by atoms with Gasteiger partial charge in [0.2, 0.25) is 0 Å². The molecule has 0 aliphatic heterocycles. The quantitative estimate of drug-likeness (QED) is 0.0698. The Balaban J connectivity index is 0.000000445. The van der Waals surface area contributed by atoms with Gasteiger partial charge in [0.1, 0.15) is 59.2 Å². The zero-order chi connectivity index (χ0) is 45.8. The van der Waals surface area contributed by atoms with Gasteiger partial charge in [0.05, 0.1) is 12.1 Å². The molecule has 1 N–H and O–H groups in total. The van der Waals surface area contributed by atoms with Crippen LogP contribution in [0.3, 0.4) is 0 Å². The third-order valence-corrected chi connectivity index (χ3v) is 9.85. The molecule has 22 heteroatoms. The highest BCUT2D eigenvalue weighted by atomic mass is 19.2. The summed E-state index contributed by atoms with van der Waals surface area (Å²) in [7, 11) is 0. The number of benzene rings is 5. The maximum absolute atomic E-state index is 15.4. The molecule has 0 fully saturated rings. The zero-order valence-electron chi connectivity index (χ0n) is 30.8. The molecular weight excluding hydrogens is 861 g/mol. The van der Waals surface area contributed by atoms with Crippen molar-refractivity contribution in [3.05, 3.63) is 152 Å². The van der Waals surface area contributed by atoms with Crippen molar-refractivity contribution in [2.24, 2.45) is 0 Å². The van der Waals surface area contributed by atoms with Crippen molar-refractivity contribution in [1.29, 1.82) is 0 Å². The first-order valence-corrected chi connectivity index (χ1v) is 16.9. The molecule has 0 unspecified atom stereocenters. The minimum atomic E-state index is -7.22. The summed E-state index contributed by atoms with van der Waals surface area (Å²) in [6.45, 7) is 12.5. The number of aryl methyl sites for hydroxylation is 1. The lowest BCUT2D eigenvalue weighted by Crippen LogP contribution is -3.16. The summed E-state index contributed by atoms with van der Waals surface area (Å²) >= 11 is 0. The summed E-state index contributed by atoms with van der Waals surface area (Å²) < 4.78 is 294. The van der Waals surface area contributed by atoms with Crippen molar-refractivity contribution >= 4 is 28.0 Å². The Morgan fingerprint density at radius 1 is 0.350 bits per heavy atom. The highest BCUT2D eigenvalue weighted by Gasteiger charge is 2.52. The molecule has 324 valence electrons. The molecule has 0 saturated carbocycles. The molecule has 0 heterocycles. The number of hydrogen-bond donors (Lipinski definition) is 1. The number of halogens is 20. The SMILES string of the molecule is Cc1ccccc1C[NH+](C(C)C)C(C)C.Fc1c(F)c(F)c([B-](c2c(F)c(F)c(F)c(F)c2F)(c2c(F)c(F)c(F)c(F)c2F)c2c(F)c(F)c(F)c(F)c2F)c(F)c1F. The van der Waals surface area contributed by atoms with Crippen LogP contribution in [-0.4, -0.2) is 18.2 Å². The lowest BCUT2D eigenvalue weighted by Gasteiger charge is -2.44. The summed E-state index contributed by atoms with van der Waals surface area (Å²) in [5, 5.41) is 0. The predicted molar refractivity (Wildman–Crippen MR) is 175 cm³/mol. The number of hydrogen-bond acceptors (Lipinski definition) is 0. The monoisotopic (exact) mass is 885 g/mol. The smallest absolute Gasteiger partial charge is 0.200 e. The fourth-order valence-electron chi connectivity index (χ4n) is 6.98. The lowest BCUT2D eigenvalue weighted by atomic mass is 9.12. The molecule has 0 atom stereocenters. The van der Waals surface area contributed by atoms with E-state index in [1.165, 1.54) is 11.1 Å². The van der Waals surface area contributed by atoms with Crippen molar-refractivity contribution in [3.63, 3.8) is 0 Å². The third-order valence-electron chi connectivity index (χ3n) is 9.85. The van der Waals surface area contributed by atoms with Gasteiger partial charge < -0.3 is 4.90 Å². The van der Waals surface area contributed by atoms with Crippen molar-refractivity contribution in [2.45, 2.75) is 53.2 Å². The van der Waals surface area contributed by atoms with Gasteiger partial charge >= 0.3 is 0 Å². The summed E-state index contributed by atoms with van der Waals surface area (Å²) in [4.78, 5) is 1.66. The second-order valence-corrected chi connectivity index (χ2v) is 13.8. The first-order chi connectivity index (χ1) is 27.7. The van der Waals surface area contributed by atoms with Crippen molar-refractivity contribution in [1.82, 2.24) is 0 Å². The minimum Gasteiger partial charge on any atom is -0.327 e. The van der Waals surface area contributed by atoms with E-state index in [0.29, 0.717) is 12.1 Å². The molecule has 0 radical (unpaired) electrons. The van der Waals surface area contributed by atoms with E-state index in [1.54, 1.807) is 4.90 Å². The standard InChI is InChI=1S/C24BF20.C14H23N/c26-5-1(6(27)14(35)21(42)13(5)34)25(2-7(28)15(36)22(43)16(37)8(2)29,3-9(30)17(38)23(44)18(39)10(3)31)4-11(32)19(40)24(45)20(41)12(4)33;1-11(2)15(12(3)4)10-14-9-7-6-8-13(14)5/h;6-9,11-12H,10H2,1-5H3/q-1;/p+1. The molecule has 0 aromatic heterocycles. The van der Waals surface area contributed by atoms with Gasteiger partial charge in [-0.25, -0.2) is 87.8 Å². The van der Waals surface area contributed by atoms with E-state index in [1.807, 2.05) is 0 Å². The molecule has 5 aromatic rings. The third kappa shape index (κ3) is 7.44. The van der Waals surface area contributed by atoms with Crippen LogP contribution in [0.1, 0.15) is 38.8 Å². The summed E-state index contributed by atoms with van der Waals surface area (Å²) in [5.41, 5.74) is -11.4. The average Bonchev–Trinajstić information content (AvgIpc) is 3.20. The Kier molecular flexibility index (Phi) is 13.7. The Hall–Kier alpha value is -5.28. The topological polar surface area (TPSA) is 4.44 Å². The van der Waals surface area contributed by atoms with Crippen LogP contribution in [0.15, 0.2) is 24.3 Å². The van der Waals surface area contributed by atoms with Gasteiger partial charge in [-0.05, 0) is 40.2 Å². The van der Waals surface area contributed by atoms with E-state index >= 15 is 35.1 Å². The van der Waals surface area contributed by atoms with Crippen molar-refractivity contribution < 1.29 is 92.7 Å². The molecule has 60 heavy (non-hydrogen) atoms. The zero-order valence-corrected chi connectivity index (χ0v) is 30.8. The first kappa shape index (κ1) is 47.4. The van der Waals surface area contributed by atoms with Crippen LogP contribution in [0.5, 0.6) is 0 Å². The van der Waals surface area contributed by atoms with Crippen LogP contribution in [0.2, 0.25) is 0 Å². The maximum atomic E-state index is 15.4. The van der Waals surface area contributed by atoms with Crippen LogP contribution in [0.4, 0.5) is 87.8 Å². The molecule has 0 aliphatic carbocycles. The summed E-state index contributed by atoms with van der Waals surface area (Å²) in [5.74, 6) is -71.4. The fourth-order valence-corrected chi connectivity index (χ4v) is 6.98. The minimum absolute atomic E-state index is 0.685. The van der Waals surface area contributed by atoms with Crippen LogP contribution in [0, 0.1) is 123 Å². The van der Waals surface area contributed by atoms with Crippen LogP contribution >= 0.6 is 0 Å². The largest absolute Gasteiger partial charge is 0.327 e. The fraction of sp³-hybridized carbons (Fsp3) is 0.211.